The van der Waals surface area contributed by atoms with E-state index in [-0.39, 0.29) is 39.6 Å². The first-order valence-electron chi connectivity index (χ1n) is 7.46. The zero-order chi connectivity index (χ0) is 15.6. The summed E-state index contributed by atoms with van der Waals surface area (Å²) in [4.78, 5) is 12.5. The molecule has 21 heavy (non-hydrogen) atoms. The highest BCUT2D eigenvalue weighted by Crippen LogP contribution is 2.58. The van der Waals surface area contributed by atoms with Gasteiger partial charge in [0.25, 0.3) is 0 Å². The number of phenols is 2. The number of aliphatic hydroxyl groups excluding tert-OH is 1. The van der Waals surface area contributed by atoms with Gasteiger partial charge in [-0.15, -0.1) is 0 Å². The molecule has 1 unspecified atom stereocenters. The van der Waals surface area contributed by atoms with Gasteiger partial charge in [-0.25, -0.2) is 0 Å². The Kier molecular flexibility index (Phi) is 2.90. The zero-order valence-corrected chi connectivity index (χ0v) is 12.7. The first-order valence-corrected chi connectivity index (χ1v) is 7.46. The van der Waals surface area contributed by atoms with E-state index in [0.29, 0.717) is 12.8 Å². The molecule has 0 spiro atoms. The quantitative estimate of drug-likeness (QED) is 0.642. The summed E-state index contributed by atoms with van der Waals surface area (Å²) in [6.45, 7) is 6.13. The molecule has 0 radical (unpaired) electrons. The van der Waals surface area contributed by atoms with Crippen molar-refractivity contribution in [1.29, 1.82) is 0 Å². The standard InChI is InChI=1S/C17H22O4/c1-16(2)12-8-11(19)14-9(4-5-10(18)15(14)21)17(12,3)7-6-13(16)20/h4-5,12-13,18,20-21H,6-8H2,1-3H3/t12?,13-,17+/m0/s1. The Balaban J connectivity index is 2.23. The van der Waals surface area contributed by atoms with Crippen LogP contribution >= 0.6 is 0 Å². The summed E-state index contributed by atoms with van der Waals surface area (Å²) < 4.78 is 0. The molecule has 4 nitrogen and oxygen atoms in total. The lowest BCUT2D eigenvalue weighted by Gasteiger charge is -2.55. The molecule has 1 saturated carbocycles. The van der Waals surface area contributed by atoms with Crippen molar-refractivity contribution in [1.82, 2.24) is 0 Å². The van der Waals surface area contributed by atoms with Crippen LogP contribution in [0.5, 0.6) is 11.5 Å². The summed E-state index contributed by atoms with van der Waals surface area (Å²) in [5.74, 6) is -0.680. The van der Waals surface area contributed by atoms with Gasteiger partial charge in [0.15, 0.2) is 17.3 Å². The first kappa shape index (κ1) is 14.4. The lowest BCUT2D eigenvalue weighted by Crippen LogP contribution is -2.54. The largest absolute Gasteiger partial charge is 0.504 e. The summed E-state index contributed by atoms with van der Waals surface area (Å²) in [7, 11) is 0. The van der Waals surface area contributed by atoms with Crippen molar-refractivity contribution in [3.8, 4) is 11.5 Å². The van der Waals surface area contributed by atoms with Gasteiger partial charge >= 0.3 is 0 Å². The molecule has 2 aliphatic rings. The number of carbonyl (C=O) groups is 1. The van der Waals surface area contributed by atoms with E-state index in [1.165, 1.54) is 6.07 Å². The fraction of sp³-hybridized carbons (Fsp3) is 0.588. The Labute approximate surface area is 124 Å². The smallest absolute Gasteiger partial charge is 0.168 e. The molecule has 0 amide bonds. The van der Waals surface area contributed by atoms with Crippen LogP contribution in [-0.2, 0) is 5.41 Å². The Morgan fingerprint density at radius 3 is 2.52 bits per heavy atom. The SMILES string of the molecule is CC1(C)C2CC(=O)c3c(ccc(O)c3O)[C@@]2(C)CC[C@@H]1O. The third-order valence-electron chi connectivity index (χ3n) is 5.90. The Morgan fingerprint density at radius 1 is 1.19 bits per heavy atom. The maximum atomic E-state index is 12.5. The van der Waals surface area contributed by atoms with Crippen molar-refractivity contribution in [3.63, 3.8) is 0 Å². The number of phenolic OH excluding ortho intramolecular Hbond substituents is 2. The highest BCUT2D eigenvalue weighted by Gasteiger charge is 2.55. The monoisotopic (exact) mass is 290 g/mol. The molecule has 1 aromatic rings. The number of hydrogen-bond acceptors (Lipinski definition) is 4. The fourth-order valence-electron chi connectivity index (χ4n) is 4.47. The average Bonchev–Trinajstić information content (AvgIpc) is 2.41. The van der Waals surface area contributed by atoms with Crippen molar-refractivity contribution in [2.24, 2.45) is 11.3 Å². The maximum absolute atomic E-state index is 12.5. The number of benzene rings is 1. The van der Waals surface area contributed by atoms with E-state index in [0.717, 1.165) is 12.0 Å². The molecule has 0 heterocycles. The van der Waals surface area contributed by atoms with Crippen molar-refractivity contribution in [3.05, 3.63) is 23.3 Å². The number of aliphatic hydroxyl groups is 1. The minimum Gasteiger partial charge on any atom is -0.504 e. The predicted octanol–water partition coefficient (Wildman–Crippen LogP) is 2.74. The molecule has 3 rings (SSSR count). The second kappa shape index (κ2) is 4.23. The third-order valence-corrected chi connectivity index (χ3v) is 5.90. The van der Waals surface area contributed by atoms with Crippen LogP contribution in [-0.4, -0.2) is 27.2 Å². The summed E-state index contributed by atoms with van der Waals surface area (Å²) in [5, 5.41) is 30.1. The molecule has 114 valence electrons. The molecule has 0 saturated heterocycles. The summed E-state index contributed by atoms with van der Waals surface area (Å²) in [5.41, 5.74) is 0.449. The number of hydrogen-bond donors (Lipinski definition) is 3. The van der Waals surface area contributed by atoms with Crippen molar-refractivity contribution >= 4 is 5.78 Å². The number of ketones is 1. The van der Waals surface area contributed by atoms with Gasteiger partial charge in [0.2, 0.25) is 0 Å². The van der Waals surface area contributed by atoms with Crippen LogP contribution in [0.15, 0.2) is 12.1 Å². The molecule has 3 atom stereocenters. The number of fused-ring (bicyclic) bond motifs is 3. The van der Waals surface area contributed by atoms with E-state index in [9.17, 15) is 20.1 Å². The van der Waals surface area contributed by atoms with Crippen LogP contribution in [0.4, 0.5) is 0 Å². The van der Waals surface area contributed by atoms with Gasteiger partial charge in [0.1, 0.15) is 0 Å². The maximum Gasteiger partial charge on any atom is 0.168 e. The molecule has 4 heteroatoms. The average molecular weight is 290 g/mol. The highest BCUT2D eigenvalue weighted by molar-refractivity contribution is 6.02. The van der Waals surface area contributed by atoms with E-state index in [1.54, 1.807) is 6.07 Å². The molecule has 0 aliphatic heterocycles. The normalized spacial score (nSPS) is 34.2. The minimum absolute atomic E-state index is 0.0256. The molecular formula is C17H22O4. The summed E-state index contributed by atoms with van der Waals surface area (Å²) in [6.07, 6.45) is 1.32. The van der Waals surface area contributed by atoms with E-state index in [2.05, 4.69) is 6.92 Å². The molecule has 3 N–H and O–H groups in total. The van der Waals surface area contributed by atoms with E-state index in [1.807, 2.05) is 13.8 Å². The van der Waals surface area contributed by atoms with Gasteiger partial charge in [-0.1, -0.05) is 26.8 Å². The van der Waals surface area contributed by atoms with Gasteiger partial charge in [-0.2, -0.15) is 0 Å². The Hall–Kier alpha value is -1.55. The molecule has 2 aliphatic carbocycles. The predicted molar refractivity (Wildman–Crippen MR) is 78.6 cm³/mol. The fourth-order valence-corrected chi connectivity index (χ4v) is 4.47. The lowest BCUT2D eigenvalue weighted by molar-refractivity contribution is -0.0688. The van der Waals surface area contributed by atoms with E-state index in [4.69, 9.17) is 0 Å². The highest BCUT2D eigenvalue weighted by atomic mass is 16.3. The minimum atomic E-state index is -0.421. The third kappa shape index (κ3) is 1.75. The number of aromatic hydroxyl groups is 2. The van der Waals surface area contributed by atoms with Gasteiger partial charge in [-0.05, 0) is 41.2 Å². The van der Waals surface area contributed by atoms with Crippen molar-refractivity contribution in [2.45, 2.75) is 51.6 Å². The Morgan fingerprint density at radius 2 is 1.86 bits per heavy atom. The Bertz CT molecular complexity index is 619. The molecule has 1 fully saturated rings. The van der Waals surface area contributed by atoms with Crippen LogP contribution in [0.3, 0.4) is 0 Å². The van der Waals surface area contributed by atoms with Crippen LogP contribution in [0, 0.1) is 11.3 Å². The van der Waals surface area contributed by atoms with Gasteiger partial charge < -0.3 is 15.3 Å². The van der Waals surface area contributed by atoms with Crippen LogP contribution in [0.1, 0.15) is 56.0 Å². The van der Waals surface area contributed by atoms with Gasteiger partial charge in [0.05, 0.1) is 11.7 Å². The van der Waals surface area contributed by atoms with E-state index >= 15 is 0 Å². The van der Waals surface area contributed by atoms with Crippen LogP contribution in [0.2, 0.25) is 0 Å². The number of carbonyl (C=O) groups excluding carboxylic acids is 1. The van der Waals surface area contributed by atoms with E-state index < -0.39 is 6.10 Å². The van der Waals surface area contributed by atoms with Crippen molar-refractivity contribution in [2.75, 3.05) is 0 Å². The van der Waals surface area contributed by atoms with Crippen LogP contribution < -0.4 is 0 Å². The summed E-state index contributed by atoms with van der Waals surface area (Å²) >= 11 is 0. The second-order valence-corrected chi connectivity index (χ2v) is 7.33. The molecular weight excluding hydrogens is 268 g/mol. The molecule has 0 bridgehead atoms. The number of rotatable bonds is 0. The summed E-state index contributed by atoms with van der Waals surface area (Å²) in [6, 6.07) is 3.20. The van der Waals surface area contributed by atoms with Gasteiger partial charge in [-0.3, -0.25) is 4.79 Å². The van der Waals surface area contributed by atoms with Crippen LogP contribution in [0.25, 0.3) is 0 Å². The topological polar surface area (TPSA) is 77.8 Å². The second-order valence-electron chi connectivity index (χ2n) is 7.33. The van der Waals surface area contributed by atoms with Crippen molar-refractivity contribution < 1.29 is 20.1 Å². The molecule has 0 aromatic heterocycles. The zero-order valence-electron chi connectivity index (χ0n) is 12.7. The lowest BCUT2D eigenvalue weighted by atomic mass is 9.49. The van der Waals surface area contributed by atoms with Gasteiger partial charge in [0, 0.05) is 6.42 Å². The first-order chi connectivity index (χ1) is 9.69. The molecule has 1 aromatic carbocycles. The number of Topliss-reactive ketones (excluding diaryl/α,β-unsaturated/α-hetero) is 1.